The number of amides is 2. The van der Waals surface area contributed by atoms with Gasteiger partial charge in [-0.2, -0.15) is 0 Å². The van der Waals surface area contributed by atoms with Crippen LogP contribution in [0.1, 0.15) is 27.2 Å². The summed E-state index contributed by atoms with van der Waals surface area (Å²) in [6, 6.07) is 10.3. The molecule has 2 aliphatic rings. The number of piperazine rings is 1. The molecule has 1 fully saturated rings. The number of nitrogens with zero attached hydrogens (tertiary/aromatic N) is 2. The fraction of sp³-hybridized carbons (Fsp3) is 0.400. The van der Waals surface area contributed by atoms with Crippen molar-refractivity contribution in [1.29, 1.82) is 0 Å². The molecule has 1 aromatic heterocycles. The maximum atomic E-state index is 12.5. The van der Waals surface area contributed by atoms with Crippen LogP contribution in [0.3, 0.4) is 0 Å². The molecular formula is C20H24N4O2S. The van der Waals surface area contributed by atoms with Crippen LogP contribution >= 0.6 is 11.3 Å². The fourth-order valence-corrected chi connectivity index (χ4v) is 5.24. The minimum absolute atomic E-state index is 0.0782. The number of anilines is 2. The first-order chi connectivity index (χ1) is 13.1. The van der Waals surface area contributed by atoms with Crippen molar-refractivity contribution in [2.45, 2.75) is 19.3 Å². The van der Waals surface area contributed by atoms with Gasteiger partial charge in [0.15, 0.2) is 0 Å². The largest absolute Gasteiger partial charge is 0.369 e. The normalized spacial score (nSPS) is 17.0. The maximum Gasteiger partial charge on any atom is 0.251 e. The number of carbonyl (C=O) groups excluding carboxylic acids is 2. The van der Waals surface area contributed by atoms with Crippen LogP contribution in [0, 0.1) is 0 Å². The molecule has 2 amide bonds. The van der Waals surface area contributed by atoms with Gasteiger partial charge in [0.25, 0.3) is 5.91 Å². The number of para-hydroxylation sites is 1. The number of rotatable bonds is 5. The lowest BCUT2D eigenvalue weighted by molar-refractivity contribution is -0.117. The number of aryl methyl sites for hydroxylation is 1. The van der Waals surface area contributed by atoms with E-state index in [0.29, 0.717) is 17.1 Å². The summed E-state index contributed by atoms with van der Waals surface area (Å²) in [5.41, 5.74) is 8.35. The predicted octanol–water partition coefficient (Wildman–Crippen LogP) is 2.10. The predicted molar refractivity (Wildman–Crippen MR) is 109 cm³/mol. The Kier molecular flexibility index (Phi) is 5.13. The molecule has 1 saturated heterocycles. The van der Waals surface area contributed by atoms with Crippen molar-refractivity contribution in [3.8, 4) is 0 Å². The number of carbonyl (C=O) groups is 2. The number of nitrogens with one attached hydrogen (secondary N) is 1. The highest BCUT2D eigenvalue weighted by Crippen LogP contribution is 2.38. The van der Waals surface area contributed by atoms with Crippen LogP contribution < -0.4 is 16.0 Å². The molecule has 142 valence electrons. The minimum atomic E-state index is -0.443. The molecule has 0 unspecified atom stereocenters. The van der Waals surface area contributed by atoms with Gasteiger partial charge in [0.1, 0.15) is 5.00 Å². The van der Waals surface area contributed by atoms with E-state index in [0.717, 1.165) is 51.0 Å². The molecule has 6 nitrogen and oxygen atoms in total. The lowest BCUT2D eigenvalue weighted by Gasteiger charge is -2.35. The molecule has 2 aromatic rings. The first-order valence-corrected chi connectivity index (χ1v) is 10.2. The number of primary amides is 1. The Morgan fingerprint density at radius 2 is 1.81 bits per heavy atom. The van der Waals surface area contributed by atoms with Gasteiger partial charge in [-0.25, -0.2) is 0 Å². The zero-order chi connectivity index (χ0) is 18.8. The number of hydrogen-bond acceptors (Lipinski definition) is 5. The zero-order valence-corrected chi connectivity index (χ0v) is 16.1. The number of thiophene rings is 1. The van der Waals surface area contributed by atoms with Gasteiger partial charge in [0.05, 0.1) is 12.1 Å². The zero-order valence-electron chi connectivity index (χ0n) is 15.2. The lowest BCUT2D eigenvalue weighted by atomic mass is 10.1. The summed E-state index contributed by atoms with van der Waals surface area (Å²) in [5.74, 6) is -0.522. The van der Waals surface area contributed by atoms with Gasteiger partial charge in [0.2, 0.25) is 5.91 Å². The molecule has 0 saturated carbocycles. The molecule has 0 atom stereocenters. The summed E-state index contributed by atoms with van der Waals surface area (Å²) in [6.45, 7) is 3.81. The monoisotopic (exact) mass is 384 g/mol. The average molecular weight is 385 g/mol. The molecule has 7 heteroatoms. The van der Waals surface area contributed by atoms with E-state index in [1.807, 2.05) is 18.2 Å². The number of hydrogen-bond donors (Lipinski definition) is 2. The molecule has 1 aliphatic heterocycles. The van der Waals surface area contributed by atoms with Crippen LogP contribution in [0.2, 0.25) is 0 Å². The Balaban J connectivity index is 1.34. The van der Waals surface area contributed by atoms with E-state index in [2.05, 4.69) is 27.2 Å². The second-order valence-corrected chi connectivity index (χ2v) is 8.18. The van der Waals surface area contributed by atoms with Gasteiger partial charge in [-0.1, -0.05) is 18.2 Å². The fourth-order valence-electron chi connectivity index (χ4n) is 3.93. The van der Waals surface area contributed by atoms with E-state index in [9.17, 15) is 9.59 Å². The van der Waals surface area contributed by atoms with Crippen LogP contribution in [0.15, 0.2) is 30.3 Å². The highest BCUT2D eigenvalue weighted by molar-refractivity contribution is 7.17. The summed E-state index contributed by atoms with van der Waals surface area (Å²) < 4.78 is 0. The van der Waals surface area contributed by atoms with Gasteiger partial charge < -0.3 is 16.0 Å². The Morgan fingerprint density at radius 1 is 1.07 bits per heavy atom. The van der Waals surface area contributed by atoms with E-state index in [1.54, 1.807) is 0 Å². The number of nitrogens with two attached hydrogens (primary N) is 1. The third-order valence-electron chi connectivity index (χ3n) is 5.28. The van der Waals surface area contributed by atoms with Gasteiger partial charge in [-0.3, -0.25) is 14.5 Å². The quantitative estimate of drug-likeness (QED) is 0.827. The Morgan fingerprint density at radius 3 is 2.52 bits per heavy atom. The smallest absolute Gasteiger partial charge is 0.251 e. The van der Waals surface area contributed by atoms with Crippen LogP contribution in [-0.2, 0) is 17.6 Å². The molecule has 3 N–H and O–H groups in total. The van der Waals surface area contributed by atoms with Crippen molar-refractivity contribution in [2.75, 3.05) is 42.9 Å². The Bertz CT molecular complexity index is 841. The average Bonchev–Trinajstić information content (AvgIpc) is 3.23. The molecule has 1 aliphatic carbocycles. The first kappa shape index (κ1) is 18.0. The van der Waals surface area contributed by atoms with Crippen LogP contribution in [0.5, 0.6) is 0 Å². The lowest BCUT2D eigenvalue weighted by Crippen LogP contribution is -2.48. The summed E-state index contributed by atoms with van der Waals surface area (Å²) in [7, 11) is 0. The molecular weight excluding hydrogens is 360 g/mol. The van der Waals surface area contributed by atoms with E-state index >= 15 is 0 Å². The third-order valence-corrected chi connectivity index (χ3v) is 6.49. The van der Waals surface area contributed by atoms with Crippen molar-refractivity contribution in [2.24, 2.45) is 5.73 Å². The van der Waals surface area contributed by atoms with Crippen molar-refractivity contribution >= 4 is 33.8 Å². The van der Waals surface area contributed by atoms with E-state index in [1.165, 1.54) is 21.9 Å². The SMILES string of the molecule is NC(=O)c1c(NC(=O)CN2CCN(c3ccccc3)CC2)sc2c1CCC2. The standard InChI is InChI=1S/C20H24N4O2S/c21-19(26)18-15-7-4-8-16(15)27-20(18)22-17(25)13-23-9-11-24(12-10-23)14-5-2-1-3-6-14/h1-3,5-6H,4,7-13H2,(H2,21,26)(H,22,25). The van der Waals surface area contributed by atoms with E-state index in [-0.39, 0.29) is 5.91 Å². The third kappa shape index (κ3) is 3.84. The van der Waals surface area contributed by atoms with Crippen molar-refractivity contribution < 1.29 is 9.59 Å². The Labute approximate surface area is 162 Å². The first-order valence-electron chi connectivity index (χ1n) is 9.38. The minimum Gasteiger partial charge on any atom is -0.369 e. The molecule has 0 radical (unpaired) electrons. The van der Waals surface area contributed by atoms with Crippen LogP contribution in [0.4, 0.5) is 10.7 Å². The molecule has 4 rings (SSSR count). The van der Waals surface area contributed by atoms with Gasteiger partial charge in [-0.05, 0) is 37.0 Å². The number of benzene rings is 1. The van der Waals surface area contributed by atoms with Gasteiger partial charge in [0, 0.05) is 36.7 Å². The van der Waals surface area contributed by atoms with Crippen LogP contribution in [0.25, 0.3) is 0 Å². The summed E-state index contributed by atoms with van der Waals surface area (Å²) in [4.78, 5) is 30.0. The highest BCUT2D eigenvalue weighted by Gasteiger charge is 2.27. The van der Waals surface area contributed by atoms with Crippen LogP contribution in [-0.4, -0.2) is 49.4 Å². The molecule has 1 aromatic carbocycles. The topological polar surface area (TPSA) is 78.7 Å². The number of fused-ring (bicyclic) bond motifs is 1. The van der Waals surface area contributed by atoms with Crippen molar-refractivity contribution in [3.05, 3.63) is 46.3 Å². The molecule has 0 spiro atoms. The van der Waals surface area contributed by atoms with Gasteiger partial charge >= 0.3 is 0 Å². The summed E-state index contributed by atoms with van der Waals surface area (Å²) >= 11 is 1.51. The van der Waals surface area contributed by atoms with Crippen molar-refractivity contribution in [1.82, 2.24) is 4.90 Å². The maximum absolute atomic E-state index is 12.5. The van der Waals surface area contributed by atoms with Crippen molar-refractivity contribution in [3.63, 3.8) is 0 Å². The second kappa shape index (κ2) is 7.70. The summed E-state index contributed by atoms with van der Waals surface area (Å²) in [5, 5.41) is 3.56. The van der Waals surface area contributed by atoms with Gasteiger partial charge in [-0.15, -0.1) is 11.3 Å². The van der Waals surface area contributed by atoms with E-state index in [4.69, 9.17) is 5.73 Å². The molecule has 0 bridgehead atoms. The highest BCUT2D eigenvalue weighted by atomic mass is 32.1. The molecule has 27 heavy (non-hydrogen) atoms. The second-order valence-electron chi connectivity index (χ2n) is 7.07. The summed E-state index contributed by atoms with van der Waals surface area (Å²) in [6.07, 6.45) is 2.90. The molecule has 2 heterocycles. The van der Waals surface area contributed by atoms with E-state index < -0.39 is 5.91 Å². The Hall–Kier alpha value is -2.38.